The summed E-state index contributed by atoms with van der Waals surface area (Å²) >= 11 is 7.97. The van der Waals surface area contributed by atoms with Crippen LogP contribution in [0.1, 0.15) is 17.0 Å². The molecule has 3 heterocycles. The highest BCUT2D eigenvalue weighted by Gasteiger charge is 2.36. The van der Waals surface area contributed by atoms with Crippen LogP contribution in [0.15, 0.2) is 53.2 Å². The number of H-pyrrole nitrogens is 1. The predicted molar refractivity (Wildman–Crippen MR) is 92.7 cm³/mol. The number of ether oxygens (including phenoxy) is 1. The average Bonchev–Trinajstić information content (AvgIpc) is 3.23. The number of thiophene rings is 1. The van der Waals surface area contributed by atoms with Crippen molar-refractivity contribution in [2.24, 2.45) is 5.73 Å². The monoisotopic (exact) mass is 354 g/mol. The van der Waals surface area contributed by atoms with E-state index in [4.69, 9.17) is 22.1 Å². The fraction of sp³-hybridized carbons (Fsp3) is 0.0588. The molecule has 0 saturated heterocycles. The molecular formula is C17H11ClN4OS. The number of benzene rings is 1. The molecule has 0 radical (unpaired) electrons. The van der Waals surface area contributed by atoms with Crippen molar-refractivity contribution in [3.63, 3.8) is 0 Å². The lowest BCUT2D eigenvalue weighted by molar-refractivity contribution is 0.379. The van der Waals surface area contributed by atoms with E-state index < -0.39 is 5.92 Å². The van der Waals surface area contributed by atoms with E-state index in [-0.39, 0.29) is 5.88 Å². The van der Waals surface area contributed by atoms with E-state index in [1.54, 1.807) is 17.4 Å². The van der Waals surface area contributed by atoms with Crippen LogP contribution in [0.5, 0.6) is 5.88 Å². The molecule has 0 bridgehead atoms. The minimum Gasteiger partial charge on any atom is -0.420 e. The molecule has 24 heavy (non-hydrogen) atoms. The number of allylic oxidation sites excluding steroid dienone is 1. The van der Waals surface area contributed by atoms with Gasteiger partial charge in [0.05, 0.1) is 22.1 Å². The number of aromatic amines is 1. The molecule has 2 aromatic heterocycles. The Bertz CT molecular complexity index is 984. The quantitative estimate of drug-likeness (QED) is 0.727. The lowest BCUT2D eigenvalue weighted by atomic mass is 9.84. The zero-order valence-corrected chi connectivity index (χ0v) is 13.9. The van der Waals surface area contributed by atoms with E-state index in [9.17, 15) is 5.26 Å². The highest BCUT2D eigenvalue weighted by molar-refractivity contribution is 7.13. The number of nitrogens with two attached hydrogens (primary N) is 1. The molecule has 0 spiro atoms. The molecule has 0 saturated carbocycles. The maximum Gasteiger partial charge on any atom is 0.244 e. The Morgan fingerprint density at radius 2 is 2.12 bits per heavy atom. The van der Waals surface area contributed by atoms with Crippen molar-refractivity contribution in [3.8, 4) is 22.5 Å². The average molecular weight is 355 g/mol. The third kappa shape index (κ3) is 2.18. The van der Waals surface area contributed by atoms with Crippen LogP contribution in [0.2, 0.25) is 5.02 Å². The van der Waals surface area contributed by atoms with Gasteiger partial charge in [0.25, 0.3) is 0 Å². The van der Waals surface area contributed by atoms with E-state index in [1.807, 2.05) is 35.7 Å². The maximum atomic E-state index is 9.63. The van der Waals surface area contributed by atoms with Gasteiger partial charge in [0.15, 0.2) is 0 Å². The lowest BCUT2D eigenvalue weighted by Gasteiger charge is -2.24. The highest BCUT2D eigenvalue weighted by Crippen LogP contribution is 2.47. The normalized spacial score (nSPS) is 16.4. The van der Waals surface area contributed by atoms with Crippen molar-refractivity contribution in [2.75, 3.05) is 0 Å². The summed E-state index contributed by atoms with van der Waals surface area (Å²) in [7, 11) is 0. The smallest absolute Gasteiger partial charge is 0.244 e. The number of hydrogen-bond acceptors (Lipinski definition) is 5. The van der Waals surface area contributed by atoms with Crippen LogP contribution in [-0.4, -0.2) is 10.2 Å². The second-order valence-electron chi connectivity index (χ2n) is 5.24. The molecule has 118 valence electrons. The van der Waals surface area contributed by atoms with Crippen molar-refractivity contribution in [1.29, 1.82) is 5.26 Å². The molecule has 0 amide bonds. The topological polar surface area (TPSA) is 87.7 Å². The Labute approximate surface area is 146 Å². The van der Waals surface area contributed by atoms with Gasteiger partial charge in [0, 0.05) is 5.02 Å². The summed E-state index contributed by atoms with van der Waals surface area (Å²) < 4.78 is 5.56. The highest BCUT2D eigenvalue weighted by atomic mass is 35.5. The van der Waals surface area contributed by atoms with Gasteiger partial charge in [-0.3, -0.25) is 5.10 Å². The lowest BCUT2D eigenvalue weighted by Crippen LogP contribution is -2.21. The summed E-state index contributed by atoms with van der Waals surface area (Å²) in [5.41, 5.74) is 8.66. The maximum absolute atomic E-state index is 9.63. The Hall–Kier alpha value is -2.75. The fourth-order valence-corrected chi connectivity index (χ4v) is 3.85. The third-order valence-corrected chi connectivity index (χ3v) is 5.15. The molecule has 3 aromatic rings. The second kappa shape index (κ2) is 5.71. The second-order valence-corrected chi connectivity index (χ2v) is 6.60. The van der Waals surface area contributed by atoms with Gasteiger partial charge >= 0.3 is 0 Å². The number of nitrogens with zero attached hydrogens (tertiary/aromatic N) is 2. The van der Waals surface area contributed by atoms with Gasteiger partial charge in [-0.25, -0.2) is 0 Å². The van der Waals surface area contributed by atoms with Gasteiger partial charge in [-0.05, 0) is 23.1 Å². The van der Waals surface area contributed by atoms with Crippen molar-refractivity contribution in [1.82, 2.24) is 10.2 Å². The number of aromatic nitrogens is 2. The van der Waals surface area contributed by atoms with Gasteiger partial charge in [-0.1, -0.05) is 35.9 Å². The fourth-order valence-electron chi connectivity index (χ4n) is 2.87. The van der Waals surface area contributed by atoms with Gasteiger partial charge < -0.3 is 10.5 Å². The van der Waals surface area contributed by atoms with Gasteiger partial charge in [-0.15, -0.1) is 16.4 Å². The predicted octanol–water partition coefficient (Wildman–Crippen LogP) is 4.01. The van der Waals surface area contributed by atoms with Crippen LogP contribution in [0.3, 0.4) is 0 Å². The van der Waals surface area contributed by atoms with Crippen molar-refractivity contribution < 1.29 is 4.74 Å². The van der Waals surface area contributed by atoms with E-state index in [2.05, 4.69) is 16.3 Å². The van der Waals surface area contributed by atoms with E-state index in [0.717, 1.165) is 21.7 Å². The van der Waals surface area contributed by atoms with Crippen LogP contribution < -0.4 is 10.5 Å². The first-order valence-corrected chi connectivity index (χ1v) is 8.40. The van der Waals surface area contributed by atoms with Crippen LogP contribution in [-0.2, 0) is 0 Å². The van der Waals surface area contributed by atoms with Gasteiger partial charge in [0.1, 0.15) is 11.6 Å². The van der Waals surface area contributed by atoms with E-state index >= 15 is 0 Å². The molecular weight excluding hydrogens is 344 g/mol. The van der Waals surface area contributed by atoms with Crippen molar-refractivity contribution >= 4 is 22.9 Å². The standard InChI is InChI=1S/C17H11ClN4OS/c18-11-5-2-1-4-9(11)13-10(8-19)16(20)23-17-14(13)15(21-22-17)12-6-3-7-24-12/h1-7,13H,20H2,(H,21,22). The number of fused-ring (bicyclic) bond motifs is 1. The Kier molecular flexibility index (Phi) is 3.53. The summed E-state index contributed by atoms with van der Waals surface area (Å²) in [5.74, 6) is 0.00210. The number of rotatable bonds is 2. The number of nitrogens with one attached hydrogen (secondary N) is 1. The first-order chi connectivity index (χ1) is 11.7. The van der Waals surface area contributed by atoms with Gasteiger partial charge in [0.2, 0.25) is 11.8 Å². The molecule has 0 fully saturated rings. The summed E-state index contributed by atoms with van der Waals surface area (Å²) in [6, 6.07) is 13.5. The Morgan fingerprint density at radius 1 is 1.29 bits per heavy atom. The first-order valence-electron chi connectivity index (χ1n) is 7.15. The van der Waals surface area contributed by atoms with Gasteiger partial charge in [-0.2, -0.15) is 5.26 Å². The molecule has 1 aliphatic heterocycles. The van der Waals surface area contributed by atoms with Crippen LogP contribution in [0, 0.1) is 11.3 Å². The first kappa shape index (κ1) is 14.8. The Balaban J connectivity index is 2.00. The molecule has 5 nitrogen and oxygen atoms in total. The molecule has 1 aliphatic rings. The Morgan fingerprint density at radius 3 is 2.83 bits per heavy atom. The number of nitriles is 1. The van der Waals surface area contributed by atoms with Crippen LogP contribution in [0.4, 0.5) is 0 Å². The summed E-state index contributed by atoms with van der Waals surface area (Å²) in [6.45, 7) is 0. The zero-order valence-electron chi connectivity index (χ0n) is 12.3. The molecule has 7 heteroatoms. The van der Waals surface area contributed by atoms with E-state index in [1.165, 1.54) is 0 Å². The van der Waals surface area contributed by atoms with Crippen molar-refractivity contribution in [2.45, 2.75) is 5.92 Å². The minimum absolute atomic E-state index is 0.0548. The summed E-state index contributed by atoms with van der Waals surface area (Å²) in [6.07, 6.45) is 0. The number of hydrogen-bond donors (Lipinski definition) is 2. The van der Waals surface area contributed by atoms with Crippen molar-refractivity contribution in [3.05, 3.63) is 69.4 Å². The molecule has 4 rings (SSSR count). The summed E-state index contributed by atoms with van der Waals surface area (Å²) in [4.78, 5) is 1.00. The van der Waals surface area contributed by atoms with Crippen LogP contribution >= 0.6 is 22.9 Å². The zero-order chi connectivity index (χ0) is 16.7. The molecule has 1 unspecified atom stereocenters. The SMILES string of the molecule is N#CC1=C(N)Oc2n[nH]c(-c3cccs3)c2C1c1ccccc1Cl. The molecule has 0 aliphatic carbocycles. The molecule has 1 aromatic carbocycles. The largest absolute Gasteiger partial charge is 0.420 e. The summed E-state index contributed by atoms with van der Waals surface area (Å²) in [5, 5.41) is 19.4. The molecule has 3 N–H and O–H groups in total. The number of halogens is 1. The van der Waals surface area contributed by atoms with E-state index in [0.29, 0.717) is 16.5 Å². The van der Waals surface area contributed by atoms with Crippen LogP contribution in [0.25, 0.3) is 10.6 Å². The molecule has 1 atom stereocenters. The minimum atomic E-state index is -0.428. The third-order valence-electron chi connectivity index (χ3n) is 3.92.